The lowest BCUT2D eigenvalue weighted by molar-refractivity contribution is -0.111. The first kappa shape index (κ1) is 17.0. The molecule has 1 N–H and O–H groups in total. The molecule has 0 saturated carbocycles. The number of fused-ring (bicyclic) bond motifs is 1. The molecule has 0 atom stereocenters. The lowest BCUT2D eigenvalue weighted by Gasteiger charge is -2.11. The van der Waals surface area contributed by atoms with Crippen LogP contribution in [-0.4, -0.2) is 10.9 Å². The van der Waals surface area contributed by atoms with E-state index >= 15 is 0 Å². The fourth-order valence-electron chi connectivity index (χ4n) is 2.56. The second-order valence-corrected chi connectivity index (χ2v) is 6.82. The average molecular weight is 372 g/mol. The van der Waals surface area contributed by atoms with Crippen molar-refractivity contribution in [2.45, 2.75) is 0 Å². The lowest BCUT2D eigenvalue weighted by atomic mass is 10.2. The van der Waals surface area contributed by atoms with Gasteiger partial charge in [0.05, 0.1) is 15.9 Å². The number of aromatic nitrogens is 1. The van der Waals surface area contributed by atoms with Gasteiger partial charge in [0, 0.05) is 6.08 Å². The van der Waals surface area contributed by atoms with Crippen LogP contribution in [0.2, 0.25) is 0 Å². The van der Waals surface area contributed by atoms with Crippen molar-refractivity contribution in [1.29, 1.82) is 0 Å². The monoisotopic (exact) mass is 372 g/mol. The van der Waals surface area contributed by atoms with Crippen molar-refractivity contribution in [3.05, 3.63) is 89.9 Å². The fourth-order valence-corrected chi connectivity index (χ4v) is 3.43. The molecule has 0 saturated heterocycles. The van der Waals surface area contributed by atoms with E-state index in [4.69, 9.17) is 4.74 Å². The molecule has 0 fully saturated rings. The highest BCUT2D eigenvalue weighted by Gasteiger charge is 2.07. The molecule has 4 aromatic rings. The Kier molecular flexibility index (Phi) is 4.94. The van der Waals surface area contributed by atoms with Gasteiger partial charge in [-0.05, 0) is 42.5 Å². The summed E-state index contributed by atoms with van der Waals surface area (Å²) in [6.45, 7) is 0. The smallest absolute Gasteiger partial charge is 0.248 e. The Bertz CT molecular complexity index is 1070. The minimum absolute atomic E-state index is 0.238. The Morgan fingerprint density at radius 2 is 1.67 bits per heavy atom. The molecule has 0 radical (unpaired) electrons. The number of rotatable bonds is 5. The first-order valence-electron chi connectivity index (χ1n) is 8.44. The maximum Gasteiger partial charge on any atom is 0.248 e. The number of carbonyl (C=O) groups is 1. The highest BCUT2D eigenvalue weighted by molar-refractivity contribution is 7.19. The quantitative estimate of drug-likeness (QED) is 0.455. The number of carbonyl (C=O) groups excluding carboxylic acids is 1. The number of hydrogen-bond acceptors (Lipinski definition) is 4. The van der Waals surface area contributed by atoms with Crippen molar-refractivity contribution in [2.24, 2.45) is 0 Å². The number of anilines is 1. The molecule has 1 aromatic heterocycles. The van der Waals surface area contributed by atoms with Gasteiger partial charge >= 0.3 is 0 Å². The zero-order valence-electron chi connectivity index (χ0n) is 14.3. The van der Waals surface area contributed by atoms with Gasteiger partial charge in [0.1, 0.15) is 10.8 Å². The van der Waals surface area contributed by atoms with Crippen LogP contribution in [0.4, 0.5) is 5.69 Å². The molecule has 0 unspecified atom stereocenters. The predicted octanol–water partition coefficient (Wildman–Crippen LogP) is 5.74. The SMILES string of the molecule is O=C(/C=C/c1nc2ccccc2s1)Nc1ccccc1Oc1ccccc1. The van der Waals surface area contributed by atoms with Crippen molar-refractivity contribution in [1.82, 2.24) is 4.98 Å². The molecule has 4 rings (SSSR count). The summed E-state index contributed by atoms with van der Waals surface area (Å²) < 4.78 is 6.96. The van der Waals surface area contributed by atoms with Crippen LogP contribution in [0.1, 0.15) is 5.01 Å². The van der Waals surface area contributed by atoms with E-state index in [9.17, 15) is 4.79 Å². The first-order valence-corrected chi connectivity index (χ1v) is 9.26. The summed E-state index contributed by atoms with van der Waals surface area (Å²) in [7, 11) is 0. The zero-order valence-corrected chi connectivity index (χ0v) is 15.1. The first-order chi connectivity index (χ1) is 13.3. The van der Waals surface area contributed by atoms with Crippen LogP contribution in [-0.2, 0) is 4.79 Å². The molecular weight excluding hydrogens is 356 g/mol. The average Bonchev–Trinajstić information content (AvgIpc) is 3.12. The summed E-state index contributed by atoms with van der Waals surface area (Å²) in [4.78, 5) is 16.8. The van der Waals surface area contributed by atoms with Crippen LogP contribution in [0.25, 0.3) is 16.3 Å². The van der Waals surface area contributed by atoms with Gasteiger partial charge in [-0.2, -0.15) is 0 Å². The minimum Gasteiger partial charge on any atom is -0.455 e. The van der Waals surface area contributed by atoms with Crippen molar-refractivity contribution < 1.29 is 9.53 Å². The zero-order chi connectivity index (χ0) is 18.5. The van der Waals surface area contributed by atoms with Crippen molar-refractivity contribution in [2.75, 3.05) is 5.32 Å². The number of nitrogens with one attached hydrogen (secondary N) is 1. The van der Waals surface area contributed by atoms with E-state index < -0.39 is 0 Å². The standard InChI is InChI=1S/C22H16N2O2S/c25-21(14-15-22-24-18-11-5-7-13-20(18)27-22)23-17-10-4-6-12-19(17)26-16-8-2-1-3-9-16/h1-15H,(H,23,25)/b15-14+. The molecule has 1 heterocycles. The maximum atomic E-state index is 12.3. The molecule has 132 valence electrons. The van der Waals surface area contributed by atoms with E-state index in [1.807, 2.05) is 78.9 Å². The van der Waals surface area contributed by atoms with Crippen LogP contribution in [0, 0.1) is 0 Å². The van der Waals surface area contributed by atoms with Gasteiger partial charge in [-0.3, -0.25) is 4.79 Å². The third-order valence-electron chi connectivity index (χ3n) is 3.80. The second-order valence-electron chi connectivity index (χ2n) is 5.75. The van der Waals surface area contributed by atoms with E-state index in [0.717, 1.165) is 15.2 Å². The molecule has 0 aliphatic carbocycles. The predicted molar refractivity (Wildman–Crippen MR) is 110 cm³/mol. The highest BCUT2D eigenvalue weighted by Crippen LogP contribution is 2.29. The molecule has 4 nitrogen and oxygen atoms in total. The minimum atomic E-state index is -0.238. The highest BCUT2D eigenvalue weighted by atomic mass is 32.1. The Hall–Kier alpha value is -3.44. The molecule has 5 heteroatoms. The third-order valence-corrected chi connectivity index (χ3v) is 4.81. The molecule has 1 amide bonds. The molecule has 3 aromatic carbocycles. The van der Waals surface area contributed by atoms with Gasteiger partial charge < -0.3 is 10.1 Å². The summed E-state index contributed by atoms with van der Waals surface area (Å²) in [5.41, 5.74) is 1.55. The van der Waals surface area contributed by atoms with E-state index in [-0.39, 0.29) is 5.91 Å². The van der Waals surface area contributed by atoms with Crippen molar-refractivity contribution >= 4 is 39.2 Å². The summed E-state index contributed by atoms with van der Waals surface area (Å²) in [6.07, 6.45) is 3.21. The van der Waals surface area contributed by atoms with Gasteiger partial charge in [-0.1, -0.05) is 42.5 Å². The summed E-state index contributed by atoms with van der Waals surface area (Å²) in [5, 5.41) is 3.65. The number of benzene rings is 3. The Morgan fingerprint density at radius 1 is 0.926 bits per heavy atom. The van der Waals surface area contributed by atoms with Gasteiger partial charge in [-0.15, -0.1) is 11.3 Å². The molecule has 0 aliphatic heterocycles. The van der Waals surface area contributed by atoms with Gasteiger partial charge in [-0.25, -0.2) is 4.98 Å². The van der Waals surface area contributed by atoms with E-state index in [1.165, 1.54) is 6.08 Å². The Morgan fingerprint density at radius 3 is 2.52 bits per heavy atom. The number of para-hydroxylation sites is 4. The second kappa shape index (κ2) is 7.85. The van der Waals surface area contributed by atoms with Crippen molar-refractivity contribution in [3.63, 3.8) is 0 Å². The number of hydrogen-bond donors (Lipinski definition) is 1. The molecule has 0 aliphatic rings. The Balaban J connectivity index is 1.48. The maximum absolute atomic E-state index is 12.3. The van der Waals surface area contributed by atoms with Crippen LogP contribution in [0.15, 0.2) is 84.9 Å². The van der Waals surface area contributed by atoms with E-state index in [0.29, 0.717) is 17.2 Å². The molecule has 0 bridgehead atoms. The molecule has 0 spiro atoms. The van der Waals surface area contributed by atoms with Crippen LogP contribution < -0.4 is 10.1 Å². The van der Waals surface area contributed by atoms with Crippen LogP contribution in [0.5, 0.6) is 11.5 Å². The summed E-state index contributed by atoms with van der Waals surface area (Å²) >= 11 is 1.55. The lowest BCUT2D eigenvalue weighted by Crippen LogP contribution is -2.08. The van der Waals surface area contributed by atoms with Gasteiger partial charge in [0.25, 0.3) is 0 Å². The fraction of sp³-hybridized carbons (Fsp3) is 0. The van der Waals surface area contributed by atoms with Gasteiger partial charge in [0.15, 0.2) is 5.75 Å². The summed E-state index contributed by atoms with van der Waals surface area (Å²) in [6, 6.07) is 24.7. The number of thiazole rings is 1. The molecule has 27 heavy (non-hydrogen) atoms. The Labute approximate surface area is 160 Å². The number of ether oxygens (including phenoxy) is 1. The summed E-state index contributed by atoms with van der Waals surface area (Å²) in [5.74, 6) is 1.06. The van der Waals surface area contributed by atoms with Gasteiger partial charge in [0.2, 0.25) is 5.91 Å². The third kappa shape index (κ3) is 4.22. The largest absolute Gasteiger partial charge is 0.455 e. The van der Waals surface area contributed by atoms with E-state index in [1.54, 1.807) is 17.4 Å². The number of amides is 1. The number of nitrogens with zero attached hydrogens (tertiary/aromatic N) is 1. The molecular formula is C22H16N2O2S. The van der Waals surface area contributed by atoms with E-state index in [2.05, 4.69) is 10.3 Å². The topological polar surface area (TPSA) is 51.2 Å². The van der Waals surface area contributed by atoms with Crippen molar-refractivity contribution in [3.8, 4) is 11.5 Å². The normalized spacial score (nSPS) is 11.0. The van der Waals surface area contributed by atoms with Crippen LogP contribution >= 0.6 is 11.3 Å². The van der Waals surface area contributed by atoms with Crippen LogP contribution in [0.3, 0.4) is 0 Å².